The summed E-state index contributed by atoms with van der Waals surface area (Å²) in [5.74, 6) is -0.326. The van der Waals surface area contributed by atoms with Gasteiger partial charge in [-0.1, -0.05) is 0 Å². The Morgan fingerprint density at radius 3 is 2.72 bits per heavy atom. The Bertz CT molecular complexity index is 886. The zero-order valence-corrected chi connectivity index (χ0v) is 13.5. The maximum atomic E-state index is 12.0. The maximum Gasteiger partial charge on any atom is 0.338 e. The van der Waals surface area contributed by atoms with Crippen molar-refractivity contribution in [2.24, 2.45) is 0 Å². The molecule has 0 aliphatic carbocycles. The van der Waals surface area contributed by atoms with Gasteiger partial charge in [-0.3, -0.25) is 4.79 Å². The van der Waals surface area contributed by atoms with Crippen molar-refractivity contribution in [1.29, 1.82) is 0 Å². The molecule has 0 spiro atoms. The Balaban J connectivity index is 1.53. The monoisotopic (exact) mass is 340 g/mol. The Hall–Kier alpha value is -3.35. The van der Waals surface area contributed by atoms with E-state index >= 15 is 0 Å². The number of aromatic nitrogens is 1. The minimum atomic E-state index is -0.611. The van der Waals surface area contributed by atoms with Crippen molar-refractivity contribution in [3.8, 4) is 5.75 Å². The van der Waals surface area contributed by atoms with Crippen molar-refractivity contribution in [2.75, 3.05) is 18.5 Å². The second-order valence-corrected chi connectivity index (χ2v) is 5.12. The van der Waals surface area contributed by atoms with E-state index in [0.717, 1.165) is 5.75 Å². The molecule has 0 saturated carbocycles. The molecular weight excluding hydrogens is 324 g/mol. The van der Waals surface area contributed by atoms with Gasteiger partial charge >= 0.3 is 5.97 Å². The second kappa shape index (κ2) is 7.48. The molecule has 0 bridgehead atoms. The summed E-state index contributed by atoms with van der Waals surface area (Å²) in [6, 6.07) is 11.7. The molecule has 0 radical (unpaired) electrons. The summed E-state index contributed by atoms with van der Waals surface area (Å²) < 4.78 is 15.5. The van der Waals surface area contributed by atoms with Crippen molar-refractivity contribution < 1.29 is 23.5 Å². The van der Waals surface area contributed by atoms with Gasteiger partial charge in [-0.2, -0.15) is 0 Å². The number of ether oxygens (including phenoxy) is 2. The number of oxazole rings is 1. The number of rotatable bonds is 6. The Morgan fingerprint density at radius 2 is 1.96 bits per heavy atom. The summed E-state index contributed by atoms with van der Waals surface area (Å²) in [4.78, 5) is 27.9. The summed E-state index contributed by atoms with van der Waals surface area (Å²) in [7, 11) is 0. The number of carbonyl (C=O) groups is 2. The van der Waals surface area contributed by atoms with Gasteiger partial charge in [0.15, 0.2) is 18.6 Å². The van der Waals surface area contributed by atoms with E-state index in [4.69, 9.17) is 13.9 Å². The number of hydrogen-bond acceptors (Lipinski definition) is 6. The van der Waals surface area contributed by atoms with E-state index in [2.05, 4.69) is 10.3 Å². The lowest BCUT2D eigenvalue weighted by Gasteiger charge is -2.08. The van der Waals surface area contributed by atoms with Gasteiger partial charge in [0, 0.05) is 5.69 Å². The van der Waals surface area contributed by atoms with Gasteiger partial charge in [0.25, 0.3) is 5.91 Å². The summed E-state index contributed by atoms with van der Waals surface area (Å²) in [6.45, 7) is 2.08. The molecule has 0 fully saturated rings. The number of carbonyl (C=O) groups excluding carboxylic acids is 2. The van der Waals surface area contributed by atoms with E-state index in [1.807, 2.05) is 6.92 Å². The molecule has 0 aliphatic heterocycles. The summed E-state index contributed by atoms with van der Waals surface area (Å²) in [5, 5.41) is 2.64. The number of hydrogen-bond donors (Lipinski definition) is 1. The standard InChI is InChI=1S/C18H16N2O5/c1-2-23-14-6-4-13(5-7-14)20-17(21)10-24-18(22)12-3-8-15-16(9-12)25-11-19-15/h3-9,11H,2,10H2,1H3,(H,20,21). The van der Waals surface area contributed by atoms with Crippen LogP contribution in [0.3, 0.4) is 0 Å². The van der Waals surface area contributed by atoms with Crippen LogP contribution in [0.1, 0.15) is 17.3 Å². The van der Waals surface area contributed by atoms with E-state index in [9.17, 15) is 9.59 Å². The zero-order chi connectivity index (χ0) is 17.6. The minimum Gasteiger partial charge on any atom is -0.494 e. The molecule has 7 nitrogen and oxygen atoms in total. The third-order valence-electron chi connectivity index (χ3n) is 3.35. The highest BCUT2D eigenvalue weighted by molar-refractivity contribution is 5.96. The quantitative estimate of drug-likeness (QED) is 0.694. The SMILES string of the molecule is CCOc1ccc(NC(=O)COC(=O)c2ccc3ncoc3c2)cc1. The fourth-order valence-electron chi connectivity index (χ4n) is 2.19. The number of anilines is 1. The van der Waals surface area contributed by atoms with Gasteiger partial charge in [-0.05, 0) is 49.4 Å². The van der Waals surface area contributed by atoms with Crippen LogP contribution >= 0.6 is 0 Å². The van der Waals surface area contributed by atoms with Crippen molar-refractivity contribution in [3.05, 3.63) is 54.4 Å². The number of amides is 1. The molecule has 7 heteroatoms. The highest BCUT2D eigenvalue weighted by Crippen LogP contribution is 2.16. The van der Waals surface area contributed by atoms with Gasteiger partial charge < -0.3 is 19.2 Å². The first-order chi connectivity index (χ1) is 12.2. The predicted octanol–water partition coefficient (Wildman–Crippen LogP) is 3.02. The molecular formula is C18H16N2O5. The fraction of sp³-hybridized carbons (Fsp3) is 0.167. The lowest BCUT2D eigenvalue weighted by molar-refractivity contribution is -0.119. The third-order valence-corrected chi connectivity index (χ3v) is 3.35. The van der Waals surface area contributed by atoms with E-state index < -0.39 is 11.9 Å². The molecule has 128 valence electrons. The summed E-state index contributed by atoms with van der Waals surface area (Å²) >= 11 is 0. The van der Waals surface area contributed by atoms with Crippen LogP contribution in [-0.4, -0.2) is 30.1 Å². The Morgan fingerprint density at radius 1 is 1.16 bits per heavy atom. The first-order valence-electron chi connectivity index (χ1n) is 7.69. The predicted molar refractivity (Wildman–Crippen MR) is 90.5 cm³/mol. The fourth-order valence-corrected chi connectivity index (χ4v) is 2.19. The normalized spacial score (nSPS) is 10.4. The first-order valence-corrected chi connectivity index (χ1v) is 7.69. The molecule has 0 atom stereocenters. The molecule has 0 saturated heterocycles. The third kappa shape index (κ3) is 4.14. The smallest absolute Gasteiger partial charge is 0.338 e. The molecule has 3 aromatic rings. The molecule has 1 heterocycles. The summed E-state index contributed by atoms with van der Waals surface area (Å²) in [6.07, 6.45) is 1.30. The van der Waals surface area contributed by atoms with E-state index in [-0.39, 0.29) is 12.2 Å². The van der Waals surface area contributed by atoms with Gasteiger partial charge in [-0.15, -0.1) is 0 Å². The van der Waals surface area contributed by atoms with Crippen molar-refractivity contribution in [3.63, 3.8) is 0 Å². The topological polar surface area (TPSA) is 90.7 Å². The maximum absolute atomic E-state index is 12.0. The van der Waals surface area contributed by atoms with Gasteiger partial charge in [-0.25, -0.2) is 9.78 Å². The lowest BCUT2D eigenvalue weighted by atomic mass is 10.2. The van der Waals surface area contributed by atoms with Crippen molar-refractivity contribution >= 4 is 28.7 Å². The number of esters is 1. The first kappa shape index (κ1) is 16.5. The highest BCUT2D eigenvalue weighted by atomic mass is 16.5. The van der Waals surface area contributed by atoms with E-state index in [1.165, 1.54) is 12.5 Å². The number of benzene rings is 2. The van der Waals surface area contributed by atoms with Crippen LogP contribution in [0.5, 0.6) is 5.75 Å². The van der Waals surface area contributed by atoms with E-state index in [0.29, 0.717) is 23.4 Å². The Kier molecular flexibility index (Phi) is 4.94. The van der Waals surface area contributed by atoms with Crippen LogP contribution in [0.4, 0.5) is 5.69 Å². The lowest BCUT2D eigenvalue weighted by Crippen LogP contribution is -2.20. The molecule has 0 aliphatic rings. The molecule has 2 aromatic carbocycles. The molecule has 0 unspecified atom stereocenters. The molecule has 1 amide bonds. The number of nitrogens with zero attached hydrogens (tertiary/aromatic N) is 1. The van der Waals surface area contributed by atoms with Crippen LogP contribution in [-0.2, 0) is 9.53 Å². The van der Waals surface area contributed by atoms with Crippen LogP contribution in [0.15, 0.2) is 53.3 Å². The molecule has 1 N–H and O–H groups in total. The summed E-state index contributed by atoms with van der Waals surface area (Å²) in [5.41, 5.74) is 2.00. The van der Waals surface area contributed by atoms with Gasteiger partial charge in [0.1, 0.15) is 11.3 Å². The second-order valence-electron chi connectivity index (χ2n) is 5.12. The van der Waals surface area contributed by atoms with Crippen LogP contribution in [0, 0.1) is 0 Å². The van der Waals surface area contributed by atoms with Crippen LogP contribution < -0.4 is 10.1 Å². The molecule has 3 rings (SSSR count). The van der Waals surface area contributed by atoms with Gasteiger partial charge in [0.2, 0.25) is 0 Å². The zero-order valence-electron chi connectivity index (χ0n) is 13.5. The van der Waals surface area contributed by atoms with Crippen LogP contribution in [0.25, 0.3) is 11.1 Å². The number of fused-ring (bicyclic) bond motifs is 1. The van der Waals surface area contributed by atoms with E-state index in [1.54, 1.807) is 36.4 Å². The Labute approximate surface area is 143 Å². The molecule has 25 heavy (non-hydrogen) atoms. The largest absolute Gasteiger partial charge is 0.494 e. The van der Waals surface area contributed by atoms with Crippen molar-refractivity contribution in [2.45, 2.75) is 6.92 Å². The highest BCUT2D eigenvalue weighted by Gasteiger charge is 2.12. The average molecular weight is 340 g/mol. The minimum absolute atomic E-state index is 0.290. The van der Waals surface area contributed by atoms with Gasteiger partial charge in [0.05, 0.1) is 12.2 Å². The number of nitrogens with one attached hydrogen (secondary N) is 1. The average Bonchev–Trinajstić information content (AvgIpc) is 3.09. The van der Waals surface area contributed by atoms with Crippen molar-refractivity contribution in [1.82, 2.24) is 4.98 Å². The molecule has 1 aromatic heterocycles. The van der Waals surface area contributed by atoms with Crippen LogP contribution in [0.2, 0.25) is 0 Å².